The number of hydrogen-bond donors (Lipinski definition) is 0. The van der Waals surface area contributed by atoms with Gasteiger partial charge in [-0.1, -0.05) is 0 Å². The van der Waals surface area contributed by atoms with E-state index in [9.17, 15) is 4.79 Å². The first-order valence-electron chi connectivity index (χ1n) is 5.15. The highest BCUT2D eigenvalue weighted by Gasteiger charge is 2.08. The SMILES string of the molecule is CN(C)CCc1nnc2c(C=O)cccn12. The summed E-state index contributed by atoms with van der Waals surface area (Å²) in [5.74, 6) is 0.882. The van der Waals surface area contributed by atoms with Crippen LogP contribution < -0.4 is 0 Å². The molecule has 2 aromatic heterocycles. The standard InChI is InChI=1S/C11H14N4O/c1-14(2)7-5-10-12-13-11-9(8-16)4-3-6-15(10)11/h3-4,6,8H,5,7H2,1-2H3. The van der Waals surface area contributed by atoms with Crippen LogP contribution in [-0.4, -0.2) is 46.4 Å². The molecule has 0 unspecified atom stereocenters. The molecule has 0 saturated carbocycles. The molecule has 0 atom stereocenters. The maximum Gasteiger partial charge on any atom is 0.171 e. The number of hydrogen-bond acceptors (Lipinski definition) is 4. The summed E-state index contributed by atoms with van der Waals surface area (Å²) in [6, 6.07) is 3.58. The second-order valence-electron chi connectivity index (χ2n) is 3.94. The molecule has 5 nitrogen and oxygen atoms in total. The van der Waals surface area contributed by atoms with Crippen molar-refractivity contribution in [2.75, 3.05) is 20.6 Å². The monoisotopic (exact) mass is 218 g/mol. The van der Waals surface area contributed by atoms with Gasteiger partial charge in [0.2, 0.25) is 0 Å². The minimum atomic E-state index is 0.575. The summed E-state index contributed by atoms with van der Waals surface area (Å²) in [6.45, 7) is 0.909. The molecule has 2 heterocycles. The molecule has 0 aliphatic heterocycles. The van der Waals surface area contributed by atoms with Crippen molar-refractivity contribution in [3.05, 3.63) is 29.7 Å². The molecule has 84 valence electrons. The summed E-state index contributed by atoms with van der Waals surface area (Å²) in [6.07, 6.45) is 3.50. The normalized spacial score (nSPS) is 11.2. The molecule has 0 spiro atoms. The Bertz CT molecular complexity index is 504. The molecule has 5 heteroatoms. The van der Waals surface area contributed by atoms with Crippen molar-refractivity contribution in [2.24, 2.45) is 0 Å². The summed E-state index contributed by atoms with van der Waals surface area (Å²) < 4.78 is 1.87. The van der Waals surface area contributed by atoms with Crippen LogP contribution in [0.1, 0.15) is 16.2 Å². The molecule has 0 fully saturated rings. The van der Waals surface area contributed by atoms with Crippen LogP contribution >= 0.6 is 0 Å². The zero-order chi connectivity index (χ0) is 11.5. The van der Waals surface area contributed by atoms with Gasteiger partial charge in [0.15, 0.2) is 11.9 Å². The third kappa shape index (κ3) is 1.94. The van der Waals surface area contributed by atoms with E-state index in [1.165, 1.54) is 0 Å². The van der Waals surface area contributed by atoms with Gasteiger partial charge in [-0.25, -0.2) is 0 Å². The summed E-state index contributed by atoms with van der Waals surface area (Å²) in [4.78, 5) is 12.9. The molecular formula is C11H14N4O. The van der Waals surface area contributed by atoms with Crippen molar-refractivity contribution < 1.29 is 4.79 Å². The molecule has 0 radical (unpaired) electrons. The molecule has 0 aromatic carbocycles. The molecule has 0 aliphatic carbocycles. The van der Waals surface area contributed by atoms with Crippen molar-refractivity contribution in [3.63, 3.8) is 0 Å². The van der Waals surface area contributed by atoms with E-state index in [1.54, 1.807) is 6.07 Å². The molecule has 2 rings (SSSR count). The van der Waals surface area contributed by atoms with Gasteiger partial charge < -0.3 is 4.90 Å². The highest BCUT2D eigenvalue weighted by molar-refractivity contribution is 5.83. The Hall–Kier alpha value is -1.75. The van der Waals surface area contributed by atoms with E-state index in [0.29, 0.717) is 11.2 Å². The van der Waals surface area contributed by atoms with Gasteiger partial charge >= 0.3 is 0 Å². The first-order chi connectivity index (χ1) is 7.72. The minimum absolute atomic E-state index is 0.575. The first-order valence-corrected chi connectivity index (χ1v) is 5.15. The second kappa shape index (κ2) is 4.40. The fraction of sp³-hybridized carbons (Fsp3) is 0.364. The third-order valence-corrected chi connectivity index (χ3v) is 2.45. The molecule has 0 aliphatic rings. The van der Waals surface area contributed by atoms with Crippen LogP contribution in [0.2, 0.25) is 0 Å². The molecule has 0 bridgehead atoms. The number of rotatable bonds is 4. The number of nitrogens with zero attached hydrogens (tertiary/aromatic N) is 4. The van der Waals surface area contributed by atoms with Crippen molar-refractivity contribution in [3.8, 4) is 0 Å². The Morgan fingerprint density at radius 3 is 2.94 bits per heavy atom. The fourth-order valence-electron chi connectivity index (χ4n) is 1.57. The van der Waals surface area contributed by atoms with Crippen LogP contribution in [-0.2, 0) is 6.42 Å². The second-order valence-corrected chi connectivity index (χ2v) is 3.94. The first kappa shape index (κ1) is 10.8. The maximum atomic E-state index is 10.8. The predicted octanol–water partition coefficient (Wildman–Crippen LogP) is 0.646. The van der Waals surface area contributed by atoms with E-state index in [1.807, 2.05) is 30.8 Å². The number of likely N-dealkylation sites (N-methyl/N-ethyl adjacent to an activating group) is 1. The van der Waals surface area contributed by atoms with E-state index in [2.05, 4.69) is 15.1 Å². The lowest BCUT2D eigenvalue weighted by Gasteiger charge is -2.07. The number of carbonyl (C=O) groups is 1. The lowest BCUT2D eigenvalue weighted by atomic mass is 10.3. The lowest BCUT2D eigenvalue weighted by molar-refractivity contribution is 0.112. The van der Waals surface area contributed by atoms with Gasteiger partial charge in [0.25, 0.3) is 0 Å². The smallest absolute Gasteiger partial charge is 0.171 e. The molecule has 0 amide bonds. The maximum absolute atomic E-state index is 10.8. The largest absolute Gasteiger partial charge is 0.309 e. The molecule has 0 N–H and O–H groups in total. The van der Waals surface area contributed by atoms with Crippen molar-refractivity contribution >= 4 is 11.9 Å². The third-order valence-electron chi connectivity index (χ3n) is 2.45. The Morgan fingerprint density at radius 1 is 1.44 bits per heavy atom. The number of carbonyl (C=O) groups excluding carboxylic acids is 1. The van der Waals surface area contributed by atoms with E-state index in [-0.39, 0.29) is 0 Å². The Kier molecular flexibility index (Phi) is 2.96. The van der Waals surface area contributed by atoms with Crippen LogP contribution in [0.4, 0.5) is 0 Å². The molecule has 0 saturated heterocycles. The Balaban J connectivity index is 2.37. The summed E-state index contributed by atoms with van der Waals surface area (Å²) in [5.41, 5.74) is 1.21. The van der Waals surface area contributed by atoms with Gasteiger partial charge in [0.1, 0.15) is 5.82 Å². The van der Waals surface area contributed by atoms with Crippen LogP contribution in [0.5, 0.6) is 0 Å². The summed E-state index contributed by atoms with van der Waals surface area (Å²) in [7, 11) is 4.03. The van der Waals surface area contributed by atoms with Crippen LogP contribution in [0.15, 0.2) is 18.3 Å². The summed E-state index contributed by atoms with van der Waals surface area (Å²) in [5, 5.41) is 8.13. The van der Waals surface area contributed by atoms with E-state index in [4.69, 9.17) is 0 Å². The Labute approximate surface area is 93.7 Å². The van der Waals surface area contributed by atoms with Gasteiger partial charge in [-0.15, -0.1) is 10.2 Å². The molecule has 2 aromatic rings. The topological polar surface area (TPSA) is 50.5 Å². The zero-order valence-corrected chi connectivity index (χ0v) is 9.42. The van der Waals surface area contributed by atoms with Gasteiger partial charge in [0, 0.05) is 19.2 Å². The highest BCUT2D eigenvalue weighted by atomic mass is 16.1. The molecular weight excluding hydrogens is 204 g/mol. The van der Waals surface area contributed by atoms with Crippen molar-refractivity contribution in [1.82, 2.24) is 19.5 Å². The van der Waals surface area contributed by atoms with E-state index >= 15 is 0 Å². The van der Waals surface area contributed by atoms with Gasteiger partial charge in [-0.2, -0.15) is 0 Å². The average Bonchev–Trinajstić information content (AvgIpc) is 2.69. The van der Waals surface area contributed by atoms with Crippen molar-refractivity contribution in [2.45, 2.75) is 6.42 Å². The van der Waals surface area contributed by atoms with Crippen LogP contribution in [0.25, 0.3) is 5.65 Å². The molecule has 16 heavy (non-hydrogen) atoms. The van der Waals surface area contributed by atoms with Crippen molar-refractivity contribution in [1.29, 1.82) is 0 Å². The fourth-order valence-corrected chi connectivity index (χ4v) is 1.57. The lowest BCUT2D eigenvalue weighted by Crippen LogP contribution is -2.16. The van der Waals surface area contributed by atoms with Crippen LogP contribution in [0, 0.1) is 0 Å². The van der Waals surface area contributed by atoms with E-state index in [0.717, 1.165) is 25.1 Å². The van der Waals surface area contributed by atoms with Gasteiger partial charge in [-0.05, 0) is 26.2 Å². The number of fused-ring (bicyclic) bond motifs is 1. The van der Waals surface area contributed by atoms with Crippen LogP contribution in [0.3, 0.4) is 0 Å². The predicted molar refractivity (Wildman–Crippen MR) is 60.6 cm³/mol. The number of aldehydes is 1. The number of aromatic nitrogens is 3. The Morgan fingerprint density at radius 2 is 2.25 bits per heavy atom. The highest BCUT2D eigenvalue weighted by Crippen LogP contribution is 2.08. The summed E-state index contributed by atoms with van der Waals surface area (Å²) >= 11 is 0. The van der Waals surface area contributed by atoms with Gasteiger partial charge in [0.05, 0.1) is 5.56 Å². The van der Waals surface area contributed by atoms with E-state index < -0.39 is 0 Å². The zero-order valence-electron chi connectivity index (χ0n) is 9.42. The average molecular weight is 218 g/mol. The number of pyridine rings is 1. The van der Waals surface area contributed by atoms with Gasteiger partial charge in [-0.3, -0.25) is 9.20 Å². The minimum Gasteiger partial charge on any atom is -0.309 e. The quantitative estimate of drug-likeness (QED) is 0.707.